The Labute approximate surface area is 158 Å². The topological polar surface area (TPSA) is 247 Å². The predicted molar refractivity (Wildman–Crippen MR) is 102 cm³/mol. The molecule has 0 aliphatic heterocycles. The Hall–Kier alpha value is -3.70. The van der Waals surface area contributed by atoms with Gasteiger partial charge in [0.1, 0.15) is 0 Å². The molecule has 0 spiro atoms. The average molecular weight is 398 g/mol. The van der Waals surface area contributed by atoms with Gasteiger partial charge in [-0.25, -0.2) is 0 Å². The van der Waals surface area contributed by atoms with E-state index in [-0.39, 0.29) is 21.9 Å². The molecule has 0 atom stereocenters. The highest BCUT2D eigenvalue weighted by molar-refractivity contribution is 5.75. The highest BCUT2D eigenvalue weighted by atomic mass is 16.3. The van der Waals surface area contributed by atoms with Crippen LogP contribution in [0.5, 0.6) is 34.5 Å². The lowest BCUT2D eigenvalue weighted by molar-refractivity contribution is 0.368. The fraction of sp³-hybridized carbons (Fsp3) is 0. The van der Waals surface area contributed by atoms with Crippen molar-refractivity contribution in [3.63, 3.8) is 0 Å². The predicted octanol–water partition coefficient (Wildman–Crippen LogP) is -0.0446. The van der Waals surface area contributed by atoms with Crippen molar-refractivity contribution in [1.29, 1.82) is 0 Å². The third-order valence-electron chi connectivity index (χ3n) is 3.69. The molecule has 28 heavy (non-hydrogen) atoms. The van der Waals surface area contributed by atoms with Crippen LogP contribution in [0.3, 0.4) is 0 Å². The maximum atomic E-state index is 9.57. The third-order valence-corrected chi connectivity index (χ3v) is 3.69. The van der Waals surface area contributed by atoms with Crippen LogP contribution in [0.25, 0.3) is 22.3 Å². The molecule has 0 saturated carbocycles. The standard InChI is InChI=1S/C18H14O6.4H2O/c19-13-5-11(6-14(20)17(13)23)9-1-2-10(4-3-9)12-7-15(21)18(24)16(22)8-12;;;;/h1-8,19-24H;4*1H2. The van der Waals surface area contributed by atoms with E-state index >= 15 is 0 Å². The van der Waals surface area contributed by atoms with Crippen LogP contribution < -0.4 is 0 Å². The van der Waals surface area contributed by atoms with Crippen molar-refractivity contribution >= 4 is 0 Å². The summed E-state index contributed by atoms with van der Waals surface area (Å²) in [5.41, 5.74) is 2.37. The summed E-state index contributed by atoms with van der Waals surface area (Å²) in [7, 11) is 0. The molecular formula is C18H22O10. The fourth-order valence-corrected chi connectivity index (χ4v) is 2.40. The van der Waals surface area contributed by atoms with Crippen LogP contribution in [0.1, 0.15) is 0 Å². The van der Waals surface area contributed by atoms with E-state index in [1.165, 1.54) is 24.3 Å². The number of phenols is 6. The Balaban J connectivity index is 0. The molecule has 0 aliphatic carbocycles. The molecule has 0 unspecified atom stereocenters. The van der Waals surface area contributed by atoms with Gasteiger partial charge in [-0.15, -0.1) is 0 Å². The van der Waals surface area contributed by atoms with E-state index in [2.05, 4.69) is 0 Å². The van der Waals surface area contributed by atoms with E-state index in [4.69, 9.17) is 0 Å². The van der Waals surface area contributed by atoms with E-state index in [1.807, 2.05) is 0 Å². The van der Waals surface area contributed by atoms with Crippen LogP contribution in [-0.2, 0) is 0 Å². The molecule has 10 nitrogen and oxygen atoms in total. The second-order valence-corrected chi connectivity index (χ2v) is 5.30. The minimum Gasteiger partial charge on any atom is -0.504 e. The van der Waals surface area contributed by atoms with Crippen molar-refractivity contribution in [1.82, 2.24) is 0 Å². The number of phenolic OH excluding ortho intramolecular Hbond substituents is 6. The average Bonchev–Trinajstić information content (AvgIpc) is 2.57. The van der Waals surface area contributed by atoms with Crippen LogP contribution in [0.2, 0.25) is 0 Å². The van der Waals surface area contributed by atoms with Crippen molar-refractivity contribution in [2.45, 2.75) is 0 Å². The second kappa shape index (κ2) is 9.85. The summed E-state index contributed by atoms with van der Waals surface area (Å²) in [6, 6.07) is 12.1. The van der Waals surface area contributed by atoms with Gasteiger partial charge < -0.3 is 52.5 Å². The van der Waals surface area contributed by atoms with Gasteiger partial charge in [-0.2, -0.15) is 0 Å². The quantitative estimate of drug-likeness (QED) is 0.323. The van der Waals surface area contributed by atoms with Gasteiger partial charge in [0.15, 0.2) is 34.5 Å². The molecule has 3 aromatic rings. The van der Waals surface area contributed by atoms with Gasteiger partial charge in [0.2, 0.25) is 0 Å². The highest BCUT2D eigenvalue weighted by Crippen LogP contribution is 2.41. The van der Waals surface area contributed by atoms with Crippen LogP contribution in [0.15, 0.2) is 48.5 Å². The largest absolute Gasteiger partial charge is 0.504 e. The molecule has 0 saturated heterocycles. The van der Waals surface area contributed by atoms with Gasteiger partial charge in [0.05, 0.1) is 0 Å². The van der Waals surface area contributed by atoms with Crippen molar-refractivity contribution < 1.29 is 52.5 Å². The maximum absolute atomic E-state index is 9.57. The molecule has 14 N–H and O–H groups in total. The summed E-state index contributed by atoms with van der Waals surface area (Å²) in [5, 5.41) is 57.0. The second-order valence-electron chi connectivity index (χ2n) is 5.30. The summed E-state index contributed by atoms with van der Waals surface area (Å²) in [5.74, 6) is -2.87. The van der Waals surface area contributed by atoms with E-state index in [1.54, 1.807) is 24.3 Å². The first-order valence-corrected chi connectivity index (χ1v) is 6.97. The van der Waals surface area contributed by atoms with Crippen LogP contribution >= 0.6 is 0 Å². The zero-order valence-electron chi connectivity index (χ0n) is 14.3. The molecule has 0 radical (unpaired) electrons. The van der Waals surface area contributed by atoms with Crippen LogP contribution in [0.4, 0.5) is 0 Å². The Morgan fingerprint density at radius 2 is 0.571 bits per heavy atom. The van der Waals surface area contributed by atoms with Crippen molar-refractivity contribution in [3.8, 4) is 56.8 Å². The fourth-order valence-electron chi connectivity index (χ4n) is 2.40. The molecule has 3 aromatic carbocycles. The highest BCUT2D eigenvalue weighted by Gasteiger charge is 2.11. The molecule has 0 heterocycles. The number of hydrogen-bond donors (Lipinski definition) is 6. The summed E-state index contributed by atoms with van der Waals surface area (Å²) < 4.78 is 0. The zero-order chi connectivity index (χ0) is 17.4. The Morgan fingerprint density at radius 1 is 0.357 bits per heavy atom. The van der Waals surface area contributed by atoms with Crippen LogP contribution in [-0.4, -0.2) is 52.5 Å². The van der Waals surface area contributed by atoms with Gasteiger partial charge in [0.25, 0.3) is 0 Å². The number of aromatic hydroxyl groups is 6. The molecule has 0 bridgehead atoms. The van der Waals surface area contributed by atoms with Crippen molar-refractivity contribution in [2.75, 3.05) is 0 Å². The number of hydrogen-bond acceptors (Lipinski definition) is 6. The van der Waals surface area contributed by atoms with E-state index in [0.29, 0.717) is 22.3 Å². The molecule has 10 heteroatoms. The Morgan fingerprint density at radius 3 is 0.786 bits per heavy atom. The van der Waals surface area contributed by atoms with E-state index in [0.717, 1.165) is 0 Å². The monoisotopic (exact) mass is 398 g/mol. The van der Waals surface area contributed by atoms with Gasteiger partial charge in [-0.05, 0) is 46.5 Å². The van der Waals surface area contributed by atoms with Gasteiger partial charge in [0, 0.05) is 0 Å². The van der Waals surface area contributed by atoms with Gasteiger partial charge in [-0.1, -0.05) is 24.3 Å². The first-order chi connectivity index (χ1) is 11.4. The molecule has 3 rings (SSSR count). The smallest absolute Gasteiger partial charge is 0.200 e. The molecule has 0 aliphatic rings. The molecule has 0 aromatic heterocycles. The molecule has 0 amide bonds. The minimum atomic E-state index is -0.578. The lowest BCUT2D eigenvalue weighted by Gasteiger charge is -2.09. The summed E-state index contributed by atoms with van der Waals surface area (Å²) in [4.78, 5) is 0. The lowest BCUT2D eigenvalue weighted by Crippen LogP contribution is -1.82. The van der Waals surface area contributed by atoms with Crippen LogP contribution in [0, 0.1) is 0 Å². The first-order valence-electron chi connectivity index (χ1n) is 6.97. The van der Waals surface area contributed by atoms with Gasteiger partial charge >= 0.3 is 0 Å². The summed E-state index contributed by atoms with van der Waals surface area (Å²) in [6.07, 6.45) is 0. The van der Waals surface area contributed by atoms with E-state index in [9.17, 15) is 30.6 Å². The Bertz CT molecular complexity index is 800. The SMILES string of the molecule is O.O.O.O.Oc1cc(-c2ccc(-c3cc(O)c(O)c(O)c3)cc2)cc(O)c1O. The zero-order valence-corrected chi connectivity index (χ0v) is 14.3. The maximum Gasteiger partial charge on any atom is 0.200 e. The molecular weight excluding hydrogens is 376 g/mol. The summed E-state index contributed by atoms with van der Waals surface area (Å²) in [6.45, 7) is 0. The lowest BCUT2D eigenvalue weighted by atomic mass is 9.99. The van der Waals surface area contributed by atoms with Crippen molar-refractivity contribution in [2.24, 2.45) is 0 Å². The normalized spacial score (nSPS) is 9.14. The molecule has 154 valence electrons. The van der Waals surface area contributed by atoms with Crippen molar-refractivity contribution in [3.05, 3.63) is 48.5 Å². The minimum absolute atomic E-state index is 0. The Kier molecular flexibility index (Phi) is 9.33. The van der Waals surface area contributed by atoms with Gasteiger partial charge in [-0.3, -0.25) is 0 Å². The summed E-state index contributed by atoms with van der Waals surface area (Å²) >= 11 is 0. The number of rotatable bonds is 2. The van der Waals surface area contributed by atoms with E-state index < -0.39 is 34.5 Å². The number of benzene rings is 3. The molecule has 0 fully saturated rings. The first kappa shape index (κ1) is 26.5. The third kappa shape index (κ3) is 4.72.